The van der Waals surface area contributed by atoms with Crippen LogP contribution in [-0.4, -0.2) is 35.4 Å². The van der Waals surface area contributed by atoms with Gasteiger partial charge in [0.2, 0.25) is 5.91 Å². The summed E-state index contributed by atoms with van der Waals surface area (Å²) in [5.74, 6) is -1.84. The second-order valence-corrected chi connectivity index (χ2v) is 6.70. The largest absolute Gasteiger partial charge is 1.00 e. The van der Waals surface area contributed by atoms with Gasteiger partial charge >= 0.3 is 103 Å². The number of hydrogen-bond acceptors (Lipinski definition) is 6. The zero-order chi connectivity index (χ0) is 17.0. The molecule has 1 unspecified atom stereocenters. The molecule has 2 rings (SSSR count). The summed E-state index contributed by atoms with van der Waals surface area (Å²) in [6.45, 7) is 1.60. The number of amides is 1. The quantitative estimate of drug-likeness (QED) is 0.360. The molecule has 11 heteroatoms. The van der Waals surface area contributed by atoms with Crippen LogP contribution in [0, 0.1) is 0 Å². The molecule has 1 saturated heterocycles. The van der Waals surface area contributed by atoms with Gasteiger partial charge in [0, 0.05) is 6.54 Å². The molecule has 1 aliphatic rings. The fourth-order valence-corrected chi connectivity index (χ4v) is 3.50. The molecule has 0 aromatic heterocycles. The third-order valence-corrected chi connectivity index (χ3v) is 4.65. The normalized spacial score (nSPS) is 19.8. The predicted molar refractivity (Wildman–Crippen MR) is 77.0 cm³/mol. The summed E-state index contributed by atoms with van der Waals surface area (Å²) in [5.41, 5.74) is 0. The topological polar surface area (TPSA) is 122 Å². The van der Waals surface area contributed by atoms with Gasteiger partial charge in [-0.3, -0.25) is 9.36 Å². The van der Waals surface area contributed by atoms with Gasteiger partial charge in [-0.25, -0.2) is 5.09 Å². The molecule has 1 N–H and O–H groups in total. The second-order valence-electron chi connectivity index (χ2n) is 5.26. The van der Waals surface area contributed by atoms with E-state index in [-0.39, 0.29) is 115 Å². The Morgan fingerprint density at radius 3 is 2.48 bits per heavy atom. The molecular weight excluding hydrogens is 401 g/mol. The van der Waals surface area contributed by atoms with Crippen molar-refractivity contribution >= 4 is 19.6 Å². The smallest absolute Gasteiger partial charge is 0.756 e. The number of hydrogen-bond donors (Lipinski definition) is 1. The molecule has 0 spiro atoms. The van der Waals surface area contributed by atoms with Gasteiger partial charge in [-0.05, 0) is 31.9 Å². The first-order valence-electron chi connectivity index (χ1n) is 7.15. The first-order chi connectivity index (χ1) is 10.8. The maximum absolute atomic E-state index is 12.2. The van der Waals surface area contributed by atoms with Crippen molar-refractivity contribution in [1.82, 2.24) is 9.99 Å². The number of likely N-dealkylation sites (tertiary alicyclic amines) is 1. The van der Waals surface area contributed by atoms with Crippen molar-refractivity contribution in [2.45, 2.75) is 31.8 Å². The van der Waals surface area contributed by atoms with Crippen LogP contribution in [0.3, 0.4) is 0 Å². The summed E-state index contributed by atoms with van der Waals surface area (Å²) in [6.07, 6.45) is 0.836. The number of nitrogens with zero attached hydrogens (tertiary/aromatic N) is 1. The zero-order valence-corrected chi connectivity index (χ0v) is 21.6. The van der Waals surface area contributed by atoms with Gasteiger partial charge in [-0.2, -0.15) is 0 Å². The number of rotatable bonds is 6. The number of carbonyl (C=O) groups is 2. The van der Waals surface area contributed by atoms with Crippen molar-refractivity contribution in [2.75, 3.05) is 6.54 Å². The molecule has 126 valence electrons. The predicted octanol–water partition coefficient (Wildman–Crippen LogP) is -6.74. The van der Waals surface area contributed by atoms with Gasteiger partial charge in [0.15, 0.2) is 0 Å². The van der Waals surface area contributed by atoms with Gasteiger partial charge in [0.25, 0.3) is 7.75 Å². The van der Waals surface area contributed by atoms with Crippen LogP contribution in [0.25, 0.3) is 0 Å². The van der Waals surface area contributed by atoms with Crippen LogP contribution in [0.15, 0.2) is 30.3 Å². The summed E-state index contributed by atoms with van der Waals surface area (Å²) < 4.78 is 16.8. The van der Waals surface area contributed by atoms with E-state index in [2.05, 4.69) is 5.09 Å². The molecule has 1 aliphatic heterocycles. The Morgan fingerprint density at radius 1 is 1.32 bits per heavy atom. The van der Waals surface area contributed by atoms with Crippen molar-refractivity contribution < 1.29 is 131 Å². The van der Waals surface area contributed by atoms with E-state index in [0.717, 1.165) is 4.90 Å². The molecule has 1 heterocycles. The van der Waals surface area contributed by atoms with E-state index in [1.807, 2.05) is 0 Å². The van der Waals surface area contributed by atoms with Gasteiger partial charge in [-0.1, -0.05) is 18.2 Å². The van der Waals surface area contributed by atoms with Gasteiger partial charge < -0.3 is 24.2 Å². The minimum atomic E-state index is -4.52. The standard InChI is InChI=1S/C14H19N2O6P.2K/c1-10(13(17)16-9-5-8-12(16)14(18)19)15-23(20,21)22-11-6-3-2-4-7-11;;/h2-4,6-7,10,12H,5,8-9H2,1H3,(H,18,19)(H2,15,20,21);;/q;2*+1/p-2/t10-,12-;;/m0../s1. The van der Waals surface area contributed by atoms with Crippen LogP contribution in [0.1, 0.15) is 19.8 Å². The Morgan fingerprint density at radius 2 is 1.92 bits per heavy atom. The molecule has 8 nitrogen and oxygen atoms in total. The molecule has 25 heavy (non-hydrogen) atoms. The van der Waals surface area contributed by atoms with Gasteiger partial charge in [0.1, 0.15) is 5.75 Å². The molecule has 1 aromatic carbocycles. The molecule has 3 atom stereocenters. The molecular formula is C14H17K2N2O6P. The van der Waals surface area contributed by atoms with E-state index in [0.29, 0.717) is 12.8 Å². The van der Waals surface area contributed by atoms with Crippen molar-refractivity contribution in [2.24, 2.45) is 0 Å². The number of carboxylic acid groups (broad SMARTS) is 1. The summed E-state index contributed by atoms with van der Waals surface area (Å²) in [6, 6.07) is 5.69. The fraction of sp³-hybridized carbons (Fsp3) is 0.429. The maximum atomic E-state index is 12.2. The third-order valence-electron chi connectivity index (χ3n) is 3.50. The first kappa shape index (κ1) is 26.4. The number of nitrogens with one attached hydrogen (secondary N) is 1. The van der Waals surface area contributed by atoms with Gasteiger partial charge in [-0.15, -0.1) is 0 Å². The maximum Gasteiger partial charge on any atom is 1.00 e. The minimum absolute atomic E-state index is 0. The fourth-order valence-electron chi connectivity index (χ4n) is 2.46. The van der Waals surface area contributed by atoms with E-state index in [1.165, 1.54) is 19.1 Å². The van der Waals surface area contributed by atoms with E-state index >= 15 is 0 Å². The second kappa shape index (κ2) is 12.1. The first-order valence-corrected chi connectivity index (χ1v) is 8.69. The number of benzene rings is 1. The number of aliphatic carboxylic acids is 1. The van der Waals surface area contributed by atoms with Crippen molar-refractivity contribution in [3.63, 3.8) is 0 Å². The molecule has 1 fully saturated rings. The number of carboxylic acids is 1. The van der Waals surface area contributed by atoms with E-state index in [4.69, 9.17) is 4.52 Å². The zero-order valence-electron chi connectivity index (χ0n) is 14.5. The summed E-state index contributed by atoms with van der Waals surface area (Å²) in [4.78, 5) is 36.3. The van der Waals surface area contributed by atoms with E-state index < -0.39 is 31.7 Å². The summed E-state index contributed by atoms with van der Waals surface area (Å²) in [5, 5.41) is 13.1. The average molecular weight is 418 g/mol. The molecule has 1 amide bonds. The third kappa shape index (κ3) is 8.10. The number of carbonyl (C=O) groups excluding carboxylic acids is 2. The van der Waals surface area contributed by atoms with E-state index in [9.17, 15) is 24.2 Å². The van der Waals surface area contributed by atoms with Gasteiger partial charge in [0.05, 0.1) is 18.1 Å². The Kier molecular flexibility index (Phi) is 12.7. The molecule has 1 aromatic rings. The van der Waals surface area contributed by atoms with Crippen LogP contribution in [0.2, 0.25) is 0 Å². The minimum Gasteiger partial charge on any atom is -0.756 e. The average Bonchev–Trinajstić information content (AvgIpc) is 2.95. The molecule has 0 aliphatic carbocycles. The number of para-hydroxylation sites is 1. The van der Waals surface area contributed by atoms with Crippen LogP contribution in [0.4, 0.5) is 0 Å². The Bertz CT molecular complexity index is 633. The Hall–Kier alpha value is 1.38. The Labute approximate surface area is 231 Å². The molecule has 0 radical (unpaired) electrons. The molecule has 0 bridgehead atoms. The van der Waals surface area contributed by atoms with Crippen molar-refractivity contribution in [3.8, 4) is 5.75 Å². The Balaban J connectivity index is 0.00000288. The van der Waals surface area contributed by atoms with Crippen molar-refractivity contribution in [1.29, 1.82) is 0 Å². The van der Waals surface area contributed by atoms with Crippen molar-refractivity contribution in [3.05, 3.63) is 30.3 Å². The summed E-state index contributed by atoms with van der Waals surface area (Å²) >= 11 is 0. The van der Waals surface area contributed by atoms with E-state index in [1.54, 1.807) is 18.2 Å². The van der Waals surface area contributed by atoms with Crippen LogP contribution < -0.4 is 122 Å². The monoisotopic (exact) mass is 418 g/mol. The van der Waals surface area contributed by atoms with Crippen LogP contribution in [-0.2, 0) is 14.2 Å². The van der Waals surface area contributed by atoms with Crippen LogP contribution in [0.5, 0.6) is 5.75 Å². The van der Waals surface area contributed by atoms with Crippen LogP contribution >= 0.6 is 7.75 Å². The summed E-state index contributed by atoms with van der Waals surface area (Å²) in [7, 11) is -4.52. The SMILES string of the molecule is C[C@H](NP(=O)([O-])Oc1ccccc1)C(=O)N1CCC[C@H]1C(=O)[O-].[K+].[K+]. The molecule has 0 saturated carbocycles.